The number of imidazole rings is 1. The lowest BCUT2D eigenvalue weighted by atomic mass is 9.97. The summed E-state index contributed by atoms with van der Waals surface area (Å²) in [4.78, 5) is 22.8. The van der Waals surface area contributed by atoms with E-state index in [-0.39, 0.29) is 18.6 Å². The molecule has 2 aromatic carbocycles. The number of rotatable bonds is 3. The van der Waals surface area contributed by atoms with Crippen molar-refractivity contribution in [3.8, 4) is 11.5 Å². The summed E-state index contributed by atoms with van der Waals surface area (Å²) in [5, 5.41) is 0.482. The maximum atomic E-state index is 12.8. The van der Waals surface area contributed by atoms with E-state index in [0.717, 1.165) is 41.8 Å². The summed E-state index contributed by atoms with van der Waals surface area (Å²) < 4.78 is 10.7. The van der Waals surface area contributed by atoms with Gasteiger partial charge < -0.3 is 19.4 Å². The molecule has 2 aliphatic heterocycles. The number of benzene rings is 2. The number of hydrogen-bond donors (Lipinski definition) is 1. The number of nitrogens with zero attached hydrogens (tertiary/aromatic N) is 2. The number of carbonyl (C=O) groups is 1. The van der Waals surface area contributed by atoms with Crippen molar-refractivity contribution in [1.29, 1.82) is 0 Å². The zero-order chi connectivity index (χ0) is 19.8. The van der Waals surface area contributed by atoms with E-state index < -0.39 is 0 Å². The molecule has 29 heavy (non-hydrogen) atoms. The van der Waals surface area contributed by atoms with Crippen LogP contribution < -0.4 is 9.47 Å². The third-order valence-electron chi connectivity index (χ3n) is 5.40. The number of carbonyl (C=O) groups excluding carboxylic acids is 1. The van der Waals surface area contributed by atoms with Gasteiger partial charge in [0.15, 0.2) is 11.5 Å². The van der Waals surface area contributed by atoms with Crippen LogP contribution in [0.5, 0.6) is 11.5 Å². The SMILES string of the molecule is O=C(/C=C/c1cc(Cl)c2c(c1)OCO2)N1CCCC(c2nc3ccccc3[nH]2)C1. The number of aromatic nitrogens is 2. The normalized spacial score (nSPS) is 18.7. The Kier molecular flexibility index (Phi) is 4.64. The van der Waals surface area contributed by atoms with Crippen LogP contribution in [0, 0.1) is 0 Å². The Labute approximate surface area is 173 Å². The molecule has 7 heteroatoms. The Balaban J connectivity index is 1.30. The molecule has 1 unspecified atom stereocenters. The first kappa shape index (κ1) is 18.1. The van der Waals surface area contributed by atoms with Crippen molar-refractivity contribution in [1.82, 2.24) is 14.9 Å². The minimum atomic E-state index is -0.0143. The largest absolute Gasteiger partial charge is 0.454 e. The van der Waals surface area contributed by atoms with Gasteiger partial charge in [-0.05, 0) is 48.7 Å². The van der Waals surface area contributed by atoms with E-state index in [1.165, 1.54) is 0 Å². The van der Waals surface area contributed by atoms with Gasteiger partial charge in [0.1, 0.15) is 5.82 Å². The molecular weight excluding hydrogens is 390 g/mol. The number of aromatic amines is 1. The van der Waals surface area contributed by atoms with Gasteiger partial charge in [-0.25, -0.2) is 4.98 Å². The molecule has 1 fully saturated rings. The van der Waals surface area contributed by atoms with Crippen LogP contribution in [0.3, 0.4) is 0 Å². The molecule has 5 rings (SSSR count). The van der Waals surface area contributed by atoms with Gasteiger partial charge >= 0.3 is 0 Å². The molecule has 3 heterocycles. The zero-order valence-corrected chi connectivity index (χ0v) is 16.5. The number of nitrogens with one attached hydrogen (secondary N) is 1. The molecule has 6 nitrogen and oxygen atoms in total. The predicted molar refractivity (Wildman–Crippen MR) is 111 cm³/mol. The molecule has 1 saturated heterocycles. The predicted octanol–water partition coefficient (Wildman–Crippen LogP) is 4.36. The second-order valence-corrected chi connectivity index (χ2v) is 7.74. The first-order chi connectivity index (χ1) is 14.2. The second kappa shape index (κ2) is 7.44. The molecule has 1 amide bonds. The van der Waals surface area contributed by atoms with E-state index in [0.29, 0.717) is 23.1 Å². The Morgan fingerprint density at radius 3 is 3.07 bits per heavy atom. The molecule has 148 valence electrons. The van der Waals surface area contributed by atoms with Crippen LogP contribution in [0.4, 0.5) is 0 Å². The molecule has 2 aliphatic rings. The number of piperidine rings is 1. The summed E-state index contributed by atoms with van der Waals surface area (Å²) in [5.41, 5.74) is 2.80. The van der Waals surface area contributed by atoms with Crippen LogP contribution in [0.2, 0.25) is 5.02 Å². The van der Waals surface area contributed by atoms with Gasteiger partial charge in [-0.15, -0.1) is 0 Å². The number of amides is 1. The third kappa shape index (κ3) is 3.56. The summed E-state index contributed by atoms with van der Waals surface area (Å²) in [6, 6.07) is 11.6. The quantitative estimate of drug-likeness (QED) is 0.652. The van der Waals surface area contributed by atoms with Gasteiger partial charge in [0, 0.05) is 25.1 Å². The van der Waals surface area contributed by atoms with Crippen molar-refractivity contribution in [2.75, 3.05) is 19.9 Å². The lowest BCUT2D eigenvalue weighted by Gasteiger charge is -2.31. The highest BCUT2D eigenvalue weighted by Crippen LogP contribution is 2.40. The van der Waals surface area contributed by atoms with Crippen LogP contribution in [0.1, 0.15) is 30.1 Å². The van der Waals surface area contributed by atoms with Crippen LogP contribution in [0.25, 0.3) is 17.1 Å². The summed E-state index contributed by atoms with van der Waals surface area (Å²) in [6.45, 7) is 1.57. The maximum absolute atomic E-state index is 12.8. The zero-order valence-electron chi connectivity index (χ0n) is 15.7. The molecule has 3 aromatic rings. The Morgan fingerprint density at radius 2 is 2.17 bits per heavy atom. The number of halogens is 1. The number of para-hydroxylation sites is 2. The van der Waals surface area contributed by atoms with E-state index in [2.05, 4.69) is 4.98 Å². The molecule has 1 N–H and O–H groups in total. The molecule has 0 aliphatic carbocycles. The molecule has 0 spiro atoms. The Hall–Kier alpha value is -2.99. The van der Waals surface area contributed by atoms with Crippen molar-refractivity contribution >= 4 is 34.6 Å². The smallest absolute Gasteiger partial charge is 0.246 e. The van der Waals surface area contributed by atoms with E-state index in [4.69, 9.17) is 26.1 Å². The highest BCUT2D eigenvalue weighted by molar-refractivity contribution is 6.32. The third-order valence-corrected chi connectivity index (χ3v) is 5.68. The van der Waals surface area contributed by atoms with E-state index >= 15 is 0 Å². The van der Waals surface area contributed by atoms with Gasteiger partial charge in [0.05, 0.1) is 16.1 Å². The number of fused-ring (bicyclic) bond motifs is 2. The minimum Gasteiger partial charge on any atom is -0.454 e. The maximum Gasteiger partial charge on any atom is 0.246 e. The van der Waals surface area contributed by atoms with Crippen molar-refractivity contribution < 1.29 is 14.3 Å². The molecule has 1 atom stereocenters. The summed E-state index contributed by atoms with van der Waals surface area (Å²) in [5.74, 6) is 2.32. The first-order valence-electron chi connectivity index (χ1n) is 9.68. The second-order valence-electron chi connectivity index (χ2n) is 7.33. The number of ether oxygens (including phenoxy) is 2. The summed E-state index contributed by atoms with van der Waals surface area (Å²) in [7, 11) is 0. The first-order valence-corrected chi connectivity index (χ1v) is 10.1. The number of H-pyrrole nitrogens is 1. The monoisotopic (exact) mass is 409 g/mol. The van der Waals surface area contributed by atoms with Crippen molar-refractivity contribution in [2.24, 2.45) is 0 Å². The van der Waals surface area contributed by atoms with Crippen LogP contribution in [-0.2, 0) is 4.79 Å². The standard InChI is InChI=1S/C22H20ClN3O3/c23-16-10-14(11-19-21(16)29-13-28-19)7-8-20(27)26-9-3-4-15(12-26)22-24-17-5-1-2-6-18(17)25-22/h1-2,5-8,10-11,15H,3-4,9,12-13H2,(H,24,25)/b8-7+. The average Bonchev–Trinajstić information content (AvgIpc) is 3.39. The highest BCUT2D eigenvalue weighted by atomic mass is 35.5. The molecule has 0 saturated carbocycles. The topological polar surface area (TPSA) is 67.5 Å². The Bertz CT molecular complexity index is 1070. The highest BCUT2D eigenvalue weighted by Gasteiger charge is 2.26. The van der Waals surface area contributed by atoms with Gasteiger partial charge in [-0.3, -0.25) is 4.79 Å². The summed E-state index contributed by atoms with van der Waals surface area (Å²) in [6.07, 6.45) is 5.33. The van der Waals surface area contributed by atoms with Gasteiger partial charge in [0.25, 0.3) is 0 Å². The van der Waals surface area contributed by atoms with E-state index in [1.807, 2.05) is 35.2 Å². The van der Waals surface area contributed by atoms with Crippen molar-refractivity contribution in [2.45, 2.75) is 18.8 Å². The fraction of sp³-hybridized carbons (Fsp3) is 0.273. The fourth-order valence-corrected chi connectivity index (χ4v) is 4.20. The van der Waals surface area contributed by atoms with Crippen LogP contribution in [0.15, 0.2) is 42.5 Å². The minimum absolute atomic E-state index is 0.0143. The molecular formula is C22H20ClN3O3. The van der Waals surface area contributed by atoms with E-state index in [9.17, 15) is 4.79 Å². The van der Waals surface area contributed by atoms with Gasteiger partial charge in [0.2, 0.25) is 12.7 Å². The molecule has 0 bridgehead atoms. The Morgan fingerprint density at radius 1 is 1.28 bits per heavy atom. The van der Waals surface area contributed by atoms with Crippen molar-refractivity contribution in [3.05, 3.63) is 58.9 Å². The summed E-state index contributed by atoms with van der Waals surface area (Å²) >= 11 is 6.21. The lowest BCUT2D eigenvalue weighted by Crippen LogP contribution is -2.38. The molecule has 1 aromatic heterocycles. The molecule has 0 radical (unpaired) electrons. The average molecular weight is 410 g/mol. The van der Waals surface area contributed by atoms with Crippen molar-refractivity contribution in [3.63, 3.8) is 0 Å². The number of likely N-dealkylation sites (tertiary alicyclic amines) is 1. The lowest BCUT2D eigenvalue weighted by molar-refractivity contribution is -0.127. The van der Waals surface area contributed by atoms with Gasteiger partial charge in [-0.1, -0.05) is 23.7 Å². The van der Waals surface area contributed by atoms with Crippen LogP contribution >= 0.6 is 11.6 Å². The number of hydrogen-bond acceptors (Lipinski definition) is 4. The van der Waals surface area contributed by atoms with Crippen LogP contribution in [-0.4, -0.2) is 40.7 Å². The fourth-order valence-electron chi connectivity index (χ4n) is 3.92. The van der Waals surface area contributed by atoms with Gasteiger partial charge in [-0.2, -0.15) is 0 Å². The van der Waals surface area contributed by atoms with E-state index in [1.54, 1.807) is 18.2 Å².